The Morgan fingerprint density at radius 3 is 2.53 bits per heavy atom. The van der Waals surface area contributed by atoms with Crippen LogP contribution >= 0.6 is 27.7 Å². The summed E-state index contributed by atoms with van der Waals surface area (Å²) in [7, 11) is 0. The molecule has 0 saturated heterocycles. The van der Waals surface area contributed by atoms with Gasteiger partial charge in [0, 0.05) is 26.9 Å². The van der Waals surface area contributed by atoms with Crippen LogP contribution in [0.2, 0.25) is 0 Å². The van der Waals surface area contributed by atoms with Gasteiger partial charge in [-0.25, -0.2) is 0 Å². The summed E-state index contributed by atoms with van der Waals surface area (Å²) < 4.78 is 1.13. The van der Waals surface area contributed by atoms with E-state index in [-0.39, 0.29) is 0 Å². The highest BCUT2D eigenvalue weighted by Gasteiger charge is 2.06. The van der Waals surface area contributed by atoms with Gasteiger partial charge in [-0.2, -0.15) is 0 Å². The first-order valence-electron chi connectivity index (χ1n) is 6.40. The fourth-order valence-corrected chi connectivity index (χ4v) is 3.07. The number of rotatable bonds is 5. The van der Waals surface area contributed by atoms with Crippen molar-refractivity contribution in [2.24, 2.45) is 0 Å². The number of hydrogen-bond acceptors (Lipinski definition) is 2. The van der Waals surface area contributed by atoms with Crippen LogP contribution in [0, 0.1) is 0 Å². The smallest absolute Gasteiger partial charge is 0.0219 e. The standard InChI is InChI=1S/C16H18BrNS/c1-12(2)18-11-13-10-14(17)8-9-16(13)19-15-6-4-3-5-7-15/h3-10,12,18H,11H2,1-2H3. The molecule has 0 radical (unpaired) electrons. The van der Waals surface area contributed by atoms with Crippen molar-refractivity contribution in [2.75, 3.05) is 0 Å². The van der Waals surface area contributed by atoms with Crippen molar-refractivity contribution in [3.63, 3.8) is 0 Å². The van der Waals surface area contributed by atoms with Gasteiger partial charge in [-0.05, 0) is 35.9 Å². The molecule has 0 aliphatic carbocycles. The Hall–Kier alpha value is -0.770. The van der Waals surface area contributed by atoms with E-state index in [1.165, 1.54) is 15.4 Å². The van der Waals surface area contributed by atoms with E-state index in [0.717, 1.165) is 11.0 Å². The second-order valence-corrected chi connectivity index (χ2v) is 6.73. The molecule has 0 bridgehead atoms. The van der Waals surface area contributed by atoms with Crippen LogP contribution < -0.4 is 5.32 Å². The maximum atomic E-state index is 3.55. The molecule has 0 fully saturated rings. The lowest BCUT2D eigenvalue weighted by Gasteiger charge is -2.13. The van der Waals surface area contributed by atoms with Crippen LogP contribution in [-0.2, 0) is 6.54 Å². The van der Waals surface area contributed by atoms with E-state index < -0.39 is 0 Å². The van der Waals surface area contributed by atoms with E-state index in [9.17, 15) is 0 Å². The van der Waals surface area contributed by atoms with Crippen LogP contribution in [0.5, 0.6) is 0 Å². The third-order valence-corrected chi connectivity index (χ3v) is 4.31. The molecule has 0 aliphatic heterocycles. The van der Waals surface area contributed by atoms with Crippen LogP contribution in [0.4, 0.5) is 0 Å². The third kappa shape index (κ3) is 4.68. The van der Waals surface area contributed by atoms with E-state index >= 15 is 0 Å². The highest BCUT2D eigenvalue weighted by molar-refractivity contribution is 9.10. The molecule has 19 heavy (non-hydrogen) atoms. The fraction of sp³-hybridized carbons (Fsp3) is 0.250. The van der Waals surface area contributed by atoms with Crippen LogP contribution in [-0.4, -0.2) is 6.04 Å². The van der Waals surface area contributed by atoms with Crippen molar-refractivity contribution in [3.8, 4) is 0 Å². The Balaban J connectivity index is 2.19. The summed E-state index contributed by atoms with van der Waals surface area (Å²) in [6.45, 7) is 5.23. The monoisotopic (exact) mass is 335 g/mol. The Kier molecular flexibility index (Phi) is 5.49. The Labute approximate surface area is 127 Å². The van der Waals surface area contributed by atoms with Crippen molar-refractivity contribution < 1.29 is 0 Å². The Morgan fingerprint density at radius 2 is 1.84 bits per heavy atom. The molecule has 1 nitrogen and oxygen atoms in total. The summed E-state index contributed by atoms with van der Waals surface area (Å²) in [5.41, 5.74) is 1.33. The van der Waals surface area contributed by atoms with E-state index in [0.29, 0.717) is 6.04 Å². The quantitative estimate of drug-likeness (QED) is 0.815. The number of nitrogens with one attached hydrogen (secondary N) is 1. The van der Waals surface area contributed by atoms with Gasteiger partial charge in [0.25, 0.3) is 0 Å². The average Bonchev–Trinajstić information content (AvgIpc) is 2.40. The van der Waals surface area contributed by atoms with Crippen LogP contribution in [0.1, 0.15) is 19.4 Å². The predicted octanol–water partition coefficient (Wildman–Crippen LogP) is 5.10. The largest absolute Gasteiger partial charge is 0.310 e. The molecular weight excluding hydrogens is 318 g/mol. The molecule has 100 valence electrons. The molecule has 2 aromatic rings. The molecule has 2 aromatic carbocycles. The lowest BCUT2D eigenvalue weighted by atomic mass is 10.2. The van der Waals surface area contributed by atoms with Gasteiger partial charge in [-0.3, -0.25) is 0 Å². The van der Waals surface area contributed by atoms with Crippen molar-refractivity contribution >= 4 is 27.7 Å². The molecule has 2 rings (SSSR count). The van der Waals surface area contributed by atoms with Crippen molar-refractivity contribution in [3.05, 3.63) is 58.6 Å². The SMILES string of the molecule is CC(C)NCc1cc(Br)ccc1Sc1ccccc1. The minimum absolute atomic E-state index is 0.494. The first-order valence-corrected chi connectivity index (χ1v) is 8.01. The minimum atomic E-state index is 0.494. The molecule has 0 atom stereocenters. The summed E-state index contributed by atoms with van der Waals surface area (Å²) in [6, 6.07) is 17.5. The summed E-state index contributed by atoms with van der Waals surface area (Å²) in [5.74, 6) is 0. The number of benzene rings is 2. The second-order valence-electron chi connectivity index (χ2n) is 4.70. The number of halogens is 1. The van der Waals surface area contributed by atoms with Gasteiger partial charge in [0.05, 0.1) is 0 Å². The van der Waals surface area contributed by atoms with Gasteiger partial charge in [-0.1, -0.05) is 59.7 Å². The zero-order valence-electron chi connectivity index (χ0n) is 11.2. The molecule has 0 aliphatic rings. The topological polar surface area (TPSA) is 12.0 Å². The Morgan fingerprint density at radius 1 is 1.11 bits per heavy atom. The minimum Gasteiger partial charge on any atom is -0.310 e. The zero-order valence-corrected chi connectivity index (χ0v) is 13.6. The van der Waals surface area contributed by atoms with E-state index in [1.807, 2.05) is 17.8 Å². The van der Waals surface area contributed by atoms with Crippen LogP contribution in [0.3, 0.4) is 0 Å². The second kappa shape index (κ2) is 7.13. The molecule has 3 heteroatoms. The summed E-state index contributed by atoms with van der Waals surface area (Å²) in [4.78, 5) is 2.58. The van der Waals surface area contributed by atoms with Gasteiger partial charge in [-0.15, -0.1) is 0 Å². The van der Waals surface area contributed by atoms with Crippen LogP contribution in [0.15, 0.2) is 62.8 Å². The molecule has 0 heterocycles. The normalized spacial score (nSPS) is 10.9. The summed E-state index contributed by atoms with van der Waals surface area (Å²) >= 11 is 5.37. The van der Waals surface area contributed by atoms with Gasteiger partial charge in [0.2, 0.25) is 0 Å². The summed E-state index contributed by atoms with van der Waals surface area (Å²) in [6.07, 6.45) is 0. The predicted molar refractivity (Wildman–Crippen MR) is 86.7 cm³/mol. The molecule has 0 aromatic heterocycles. The number of hydrogen-bond donors (Lipinski definition) is 1. The van der Waals surface area contributed by atoms with Crippen molar-refractivity contribution in [1.29, 1.82) is 0 Å². The third-order valence-electron chi connectivity index (χ3n) is 2.69. The lowest BCUT2D eigenvalue weighted by Crippen LogP contribution is -2.22. The molecule has 0 unspecified atom stereocenters. The zero-order chi connectivity index (χ0) is 13.7. The average molecular weight is 336 g/mol. The maximum Gasteiger partial charge on any atom is 0.0219 e. The van der Waals surface area contributed by atoms with Gasteiger partial charge in [0.1, 0.15) is 0 Å². The summed E-state index contributed by atoms with van der Waals surface area (Å²) in [5, 5.41) is 3.48. The molecule has 0 spiro atoms. The van der Waals surface area contributed by atoms with Gasteiger partial charge in [0.15, 0.2) is 0 Å². The fourth-order valence-electron chi connectivity index (χ4n) is 1.72. The first-order chi connectivity index (χ1) is 9.15. The van der Waals surface area contributed by atoms with Crippen LogP contribution in [0.25, 0.3) is 0 Å². The van der Waals surface area contributed by atoms with E-state index in [1.54, 1.807) is 0 Å². The van der Waals surface area contributed by atoms with E-state index in [4.69, 9.17) is 0 Å². The molecule has 0 saturated carbocycles. The Bertz CT molecular complexity index is 526. The highest BCUT2D eigenvalue weighted by atomic mass is 79.9. The highest BCUT2D eigenvalue weighted by Crippen LogP contribution is 2.32. The molecule has 0 amide bonds. The first kappa shape index (κ1) is 14.6. The van der Waals surface area contributed by atoms with Crippen molar-refractivity contribution in [1.82, 2.24) is 5.32 Å². The van der Waals surface area contributed by atoms with Gasteiger partial charge < -0.3 is 5.32 Å². The maximum absolute atomic E-state index is 3.55. The van der Waals surface area contributed by atoms with Crippen molar-refractivity contribution in [2.45, 2.75) is 36.2 Å². The van der Waals surface area contributed by atoms with Gasteiger partial charge >= 0.3 is 0 Å². The lowest BCUT2D eigenvalue weighted by molar-refractivity contribution is 0.584. The van der Waals surface area contributed by atoms with E-state index in [2.05, 4.69) is 77.6 Å². The molecular formula is C16H18BrNS. The molecule has 1 N–H and O–H groups in total.